The van der Waals surface area contributed by atoms with Crippen LogP contribution in [0.3, 0.4) is 0 Å². The second-order valence-corrected chi connectivity index (χ2v) is 5.76. The van der Waals surface area contributed by atoms with Crippen molar-refractivity contribution in [2.45, 2.75) is 39.5 Å². The standard InChI is InChI=1S/C16H27NO/c1-16(2,11-7-13-18)14-17-12-6-10-15-8-4-3-5-9-15/h3-5,8-9,17-18H,6-7,10-14H2,1-2H3. The molecule has 0 aliphatic carbocycles. The van der Waals surface area contributed by atoms with Crippen LogP contribution in [0.5, 0.6) is 0 Å². The molecule has 0 saturated carbocycles. The van der Waals surface area contributed by atoms with Gasteiger partial charge in [0.05, 0.1) is 0 Å². The van der Waals surface area contributed by atoms with Gasteiger partial charge in [0.15, 0.2) is 0 Å². The summed E-state index contributed by atoms with van der Waals surface area (Å²) in [6, 6.07) is 10.6. The maximum absolute atomic E-state index is 8.84. The van der Waals surface area contributed by atoms with Crippen LogP contribution >= 0.6 is 0 Å². The molecule has 0 aliphatic rings. The van der Waals surface area contributed by atoms with E-state index in [1.54, 1.807) is 0 Å². The Kier molecular flexibility index (Phi) is 6.99. The quantitative estimate of drug-likeness (QED) is 0.659. The summed E-state index contributed by atoms with van der Waals surface area (Å²) in [5.41, 5.74) is 1.70. The highest BCUT2D eigenvalue weighted by Gasteiger charge is 2.16. The van der Waals surface area contributed by atoms with Crippen LogP contribution in [0.4, 0.5) is 0 Å². The lowest BCUT2D eigenvalue weighted by atomic mass is 9.88. The van der Waals surface area contributed by atoms with Gasteiger partial charge >= 0.3 is 0 Å². The molecule has 1 aromatic carbocycles. The fraction of sp³-hybridized carbons (Fsp3) is 0.625. The van der Waals surface area contributed by atoms with E-state index in [2.05, 4.69) is 49.5 Å². The molecule has 0 heterocycles. The van der Waals surface area contributed by atoms with Crippen LogP contribution in [-0.4, -0.2) is 24.8 Å². The van der Waals surface area contributed by atoms with Crippen molar-refractivity contribution in [3.8, 4) is 0 Å². The monoisotopic (exact) mass is 249 g/mol. The molecule has 0 bridgehead atoms. The lowest BCUT2D eigenvalue weighted by Gasteiger charge is -2.24. The van der Waals surface area contributed by atoms with Crippen molar-refractivity contribution in [1.82, 2.24) is 5.32 Å². The van der Waals surface area contributed by atoms with E-state index in [0.29, 0.717) is 6.61 Å². The van der Waals surface area contributed by atoms with E-state index in [1.165, 1.54) is 12.0 Å². The van der Waals surface area contributed by atoms with Gasteiger partial charge < -0.3 is 10.4 Å². The fourth-order valence-electron chi connectivity index (χ4n) is 2.13. The number of benzene rings is 1. The van der Waals surface area contributed by atoms with Gasteiger partial charge in [0.1, 0.15) is 0 Å². The first kappa shape index (κ1) is 15.2. The second-order valence-electron chi connectivity index (χ2n) is 5.76. The first-order chi connectivity index (χ1) is 8.64. The molecule has 0 amide bonds. The smallest absolute Gasteiger partial charge is 0.0431 e. The molecule has 1 aromatic rings. The minimum atomic E-state index is 0.287. The molecule has 102 valence electrons. The molecule has 0 fully saturated rings. The van der Waals surface area contributed by atoms with Crippen molar-refractivity contribution in [3.63, 3.8) is 0 Å². The second kappa shape index (κ2) is 8.28. The van der Waals surface area contributed by atoms with E-state index in [9.17, 15) is 0 Å². The summed E-state index contributed by atoms with van der Waals surface area (Å²) in [5, 5.41) is 12.4. The SMILES string of the molecule is CC(C)(CCCO)CNCCCc1ccccc1. The molecule has 2 nitrogen and oxygen atoms in total. The zero-order valence-electron chi connectivity index (χ0n) is 11.8. The number of hydrogen-bond acceptors (Lipinski definition) is 2. The van der Waals surface area contributed by atoms with Crippen molar-refractivity contribution in [1.29, 1.82) is 0 Å². The molecule has 18 heavy (non-hydrogen) atoms. The highest BCUT2D eigenvalue weighted by Crippen LogP contribution is 2.20. The van der Waals surface area contributed by atoms with Crippen LogP contribution in [0, 0.1) is 5.41 Å². The van der Waals surface area contributed by atoms with Crippen LogP contribution in [0.15, 0.2) is 30.3 Å². The number of rotatable bonds is 9. The fourth-order valence-corrected chi connectivity index (χ4v) is 2.13. The van der Waals surface area contributed by atoms with Gasteiger partial charge in [-0.1, -0.05) is 44.2 Å². The summed E-state index contributed by atoms with van der Waals surface area (Å²) in [4.78, 5) is 0. The maximum Gasteiger partial charge on any atom is 0.0431 e. The first-order valence-corrected chi connectivity index (χ1v) is 6.99. The molecule has 0 aromatic heterocycles. The van der Waals surface area contributed by atoms with Gasteiger partial charge in [0, 0.05) is 13.2 Å². The molecule has 2 N–H and O–H groups in total. The molecule has 0 spiro atoms. The highest BCUT2D eigenvalue weighted by molar-refractivity contribution is 5.14. The van der Waals surface area contributed by atoms with Crippen molar-refractivity contribution < 1.29 is 5.11 Å². The predicted molar refractivity (Wildman–Crippen MR) is 77.7 cm³/mol. The van der Waals surface area contributed by atoms with Crippen LogP contribution < -0.4 is 5.32 Å². The van der Waals surface area contributed by atoms with Crippen molar-refractivity contribution in [3.05, 3.63) is 35.9 Å². The van der Waals surface area contributed by atoms with E-state index >= 15 is 0 Å². The number of aliphatic hydroxyl groups is 1. The van der Waals surface area contributed by atoms with Crippen LogP contribution in [0.2, 0.25) is 0 Å². The molecule has 0 aliphatic heterocycles. The molecule has 0 atom stereocenters. The number of aryl methyl sites for hydroxylation is 1. The predicted octanol–water partition coefficient (Wildman–Crippen LogP) is 3.01. The zero-order chi connectivity index (χ0) is 13.3. The zero-order valence-corrected chi connectivity index (χ0v) is 11.8. The summed E-state index contributed by atoms with van der Waals surface area (Å²) in [7, 11) is 0. The third-order valence-electron chi connectivity index (χ3n) is 3.28. The largest absolute Gasteiger partial charge is 0.396 e. The Labute approximate surface area is 111 Å². The third kappa shape index (κ3) is 6.77. The minimum absolute atomic E-state index is 0.287. The first-order valence-electron chi connectivity index (χ1n) is 6.99. The van der Waals surface area contributed by atoms with E-state index in [1.807, 2.05) is 0 Å². The summed E-state index contributed by atoms with van der Waals surface area (Å²) < 4.78 is 0. The average Bonchev–Trinajstić information content (AvgIpc) is 2.37. The topological polar surface area (TPSA) is 32.3 Å². The Bertz CT molecular complexity index is 308. The Morgan fingerprint density at radius 3 is 2.50 bits per heavy atom. The van der Waals surface area contributed by atoms with Gasteiger partial charge in [-0.25, -0.2) is 0 Å². The third-order valence-corrected chi connectivity index (χ3v) is 3.28. The summed E-state index contributed by atoms with van der Waals surface area (Å²) in [6.07, 6.45) is 4.30. The van der Waals surface area contributed by atoms with Crippen molar-refractivity contribution in [2.24, 2.45) is 5.41 Å². The highest BCUT2D eigenvalue weighted by atomic mass is 16.2. The number of nitrogens with one attached hydrogen (secondary N) is 1. The average molecular weight is 249 g/mol. The minimum Gasteiger partial charge on any atom is -0.396 e. The van der Waals surface area contributed by atoms with Gasteiger partial charge in [0.2, 0.25) is 0 Å². The van der Waals surface area contributed by atoms with Crippen LogP contribution in [0.1, 0.15) is 38.7 Å². The Balaban J connectivity index is 2.08. The molecular weight excluding hydrogens is 222 g/mol. The maximum atomic E-state index is 8.84. The molecule has 0 radical (unpaired) electrons. The molecule has 2 heteroatoms. The number of aliphatic hydroxyl groups excluding tert-OH is 1. The molecule has 1 rings (SSSR count). The van der Waals surface area contributed by atoms with E-state index in [-0.39, 0.29) is 5.41 Å². The van der Waals surface area contributed by atoms with Gasteiger partial charge in [-0.2, -0.15) is 0 Å². The summed E-state index contributed by atoms with van der Waals surface area (Å²) in [5.74, 6) is 0. The summed E-state index contributed by atoms with van der Waals surface area (Å²) in [6.45, 7) is 6.91. The van der Waals surface area contributed by atoms with E-state index in [0.717, 1.165) is 32.4 Å². The van der Waals surface area contributed by atoms with E-state index in [4.69, 9.17) is 5.11 Å². The summed E-state index contributed by atoms with van der Waals surface area (Å²) >= 11 is 0. The number of hydrogen-bond donors (Lipinski definition) is 2. The Morgan fingerprint density at radius 1 is 1.11 bits per heavy atom. The lowest BCUT2D eigenvalue weighted by molar-refractivity contribution is 0.236. The molecular formula is C16H27NO. The van der Waals surface area contributed by atoms with Crippen molar-refractivity contribution >= 4 is 0 Å². The normalized spacial score (nSPS) is 11.7. The van der Waals surface area contributed by atoms with Gasteiger partial charge in [0.25, 0.3) is 0 Å². The van der Waals surface area contributed by atoms with Gasteiger partial charge in [-0.05, 0) is 43.2 Å². The molecule has 0 saturated heterocycles. The van der Waals surface area contributed by atoms with Crippen molar-refractivity contribution in [2.75, 3.05) is 19.7 Å². The van der Waals surface area contributed by atoms with Crippen LogP contribution in [0.25, 0.3) is 0 Å². The lowest BCUT2D eigenvalue weighted by Crippen LogP contribution is -2.30. The van der Waals surface area contributed by atoms with Crippen LogP contribution in [-0.2, 0) is 6.42 Å². The Morgan fingerprint density at radius 2 is 1.83 bits per heavy atom. The Hall–Kier alpha value is -0.860. The van der Waals surface area contributed by atoms with E-state index < -0.39 is 0 Å². The molecule has 0 unspecified atom stereocenters. The van der Waals surface area contributed by atoms with Gasteiger partial charge in [-0.15, -0.1) is 0 Å². The van der Waals surface area contributed by atoms with Gasteiger partial charge in [-0.3, -0.25) is 0 Å².